The molecule has 0 aromatic heterocycles. The van der Waals surface area contributed by atoms with E-state index >= 15 is 0 Å². The summed E-state index contributed by atoms with van der Waals surface area (Å²) in [7, 11) is 0. The van der Waals surface area contributed by atoms with Gasteiger partial charge in [0.15, 0.2) is 0 Å². The second-order valence-corrected chi connectivity index (χ2v) is 6.43. The molecule has 1 aromatic rings. The lowest BCUT2D eigenvalue weighted by Crippen LogP contribution is -2.13. The van der Waals surface area contributed by atoms with E-state index in [1.807, 2.05) is 25.3 Å². The average Bonchev–Trinajstić information content (AvgIpc) is 2.18. The standard InChI is InChI=1S/C13H18OS2/c1-8-6-9(12(15)16-5)11(14)10(7-8)13(2,3)4/h6-7,14H,1-5H3. The van der Waals surface area contributed by atoms with Gasteiger partial charge in [-0.2, -0.15) is 0 Å². The summed E-state index contributed by atoms with van der Waals surface area (Å²) in [5, 5.41) is 10.2. The molecule has 1 nitrogen and oxygen atoms in total. The van der Waals surface area contributed by atoms with E-state index in [-0.39, 0.29) is 5.41 Å². The van der Waals surface area contributed by atoms with Crippen molar-refractivity contribution in [1.29, 1.82) is 0 Å². The van der Waals surface area contributed by atoms with Crippen molar-refractivity contribution in [3.05, 3.63) is 28.8 Å². The Morgan fingerprint density at radius 1 is 1.31 bits per heavy atom. The third-order valence-electron chi connectivity index (χ3n) is 2.47. The van der Waals surface area contributed by atoms with E-state index in [0.717, 1.165) is 20.9 Å². The molecule has 0 atom stereocenters. The van der Waals surface area contributed by atoms with Gasteiger partial charge in [-0.1, -0.05) is 39.1 Å². The van der Waals surface area contributed by atoms with E-state index in [1.54, 1.807) is 0 Å². The summed E-state index contributed by atoms with van der Waals surface area (Å²) in [6.07, 6.45) is 1.93. The minimum Gasteiger partial charge on any atom is -0.507 e. The first kappa shape index (κ1) is 13.5. The Kier molecular flexibility index (Phi) is 4.02. The maximum absolute atomic E-state index is 10.2. The fourth-order valence-electron chi connectivity index (χ4n) is 1.62. The minimum atomic E-state index is -0.0706. The molecule has 3 heteroatoms. The van der Waals surface area contributed by atoms with E-state index < -0.39 is 0 Å². The summed E-state index contributed by atoms with van der Waals surface area (Å²) in [6, 6.07) is 3.98. The topological polar surface area (TPSA) is 20.2 Å². The predicted molar refractivity (Wildman–Crippen MR) is 76.8 cm³/mol. The van der Waals surface area contributed by atoms with Crippen LogP contribution in [-0.4, -0.2) is 15.6 Å². The molecular formula is C13H18OS2. The van der Waals surface area contributed by atoms with Gasteiger partial charge in [-0.05, 0) is 30.2 Å². The first-order chi connectivity index (χ1) is 7.27. The van der Waals surface area contributed by atoms with Crippen LogP contribution in [0.3, 0.4) is 0 Å². The first-order valence-electron chi connectivity index (χ1n) is 5.19. The molecule has 0 radical (unpaired) electrons. The molecule has 0 fully saturated rings. The lowest BCUT2D eigenvalue weighted by molar-refractivity contribution is 0.445. The molecule has 0 aliphatic heterocycles. The number of thioether (sulfide) groups is 1. The minimum absolute atomic E-state index is 0.0706. The van der Waals surface area contributed by atoms with Gasteiger partial charge in [0, 0.05) is 11.1 Å². The number of thiocarbonyl (C=S) groups is 1. The number of hydrogen-bond donors (Lipinski definition) is 1. The van der Waals surface area contributed by atoms with Crippen LogP contribution in [0.25, 0.3) is 0 Å². The Hall–Kier alpha value is -0.540. The van der Waals surface area contributed by atoms with Crippen molar-refractivity contribution in [3.63, 3.8) is 0 Å². The summed E-state index contributed by atoms with van der Waals surface area (Å²) in [5.41, 5.74) is 2.80. The van der Waals surface area contributed by atoms with E-state index in [0.29, 0.717) is 5.75 Å². The van der Waals surface area contributed by atoms with Crippen LogP contribution in [0.4, 0.5) is 0 Å². The zero-order valence-electron chi connectivity index (χ0n) is 10.4. The van der Waals surface area contributed by atoms with Crippen LogP contribution in [0, 0.1) is 6.92 Å². The molecule has 0 aliphatic carbocycles. The summed E-state index contributed by atoms with van der Waals surface area (Å²) < 4.78 is 0.742. The summed E-state index contributed by atoms with van der Waals surface area (Å²) in [5.74, 6) is 0.331. The van der Waals surface area contributed by atoms with Gasteiger partial charge in [-0.25, -0.2) is 0 Å². The van der Waals surface area contributed by atoms with Crippen LogP contribution < -0.4 is 0 Å². The monoisotopic (exact) mass is 254 g/mol. The van der Waals surface area contributed by atoms with E-state index in [1.165, 1.54) is 11.8 Å². The molecule has 1 aromatic carbocycles. The highest BCUT2D eigenvalue weighted by molar-refractivity contribution is 8.23. The number of rotatable bonds is 1. The number of aryl methyl sites for hydroxylation is 1. The van der Waals surface area contributed by atoms with E-state index in [2.05, 4.69) is 20.8 Å². The Labute approximate surface area is 107 Å². The quantitative estimate of drug-likeness (QED) is 0.764. The lowest BCUT2D eigenvalue weighted by Gasteiger charge is -2.22. The van der Waals surface area contributed by atoms with Gasteiger partial charge in [-0.3, -0.25) is 0 Å². The van der Waals surface area contributed by atoms with Crippen molar-refractivity contribution < 1.29 is 5.11 Å². The van der Waals surface area contributed by atoms with Crippen LogP contribution in [0.15, 0.2) is 12.1 Å². The maximum Gasteiger partial charge on any atom is 0.128 e. The van der Waals surface area contributed by atoms with Gasteiger partial charge in [-0.15, -0.1) is 11.8 Å². The molecule has 0 heterocycles. The zero-order chi connectivity index (χ0) is 12.5. The maximum atomic E-state index is 10.2. The zero-order valence-corrected chi connectivity index (χ0v) is 12.1. The number of phenolic OH excluding ortho intramolecular Hbond substituents is 1. The number of hydrogen-bond acceptors (Lipinski definition) is 3. The molecule has 0 bridgehead atoms. The second-order valence-electron chi connectivity index (χ2n) is 4.95. The van der Waals surface area contributed by atoms with Crippen molar-refractivity contribution in [2.45, 2.75) is 33.1 Å². The molecule has 0 amide bonds. The third kappa shape index (κ3) is 2.77. The fourth-order valence-corrected chi connectivity index (χ4v) is 2.15. The van der Waals surface area contributed by atoms with Crippen molar-refractivity contribution >= 4 is 28.2 Å². The predicted octanol–water partition coefficient (Wildman–Crippen LogP) is 4.04. The van der Waals surface area contributed by atoms with Gasteiger partial charge in [0.2, 0.25) is 0 Å². The average molecular weight is 254 g/mol. The van der Waals surface area contributed by atoms with Crippen LogP contribution >= 0.6 is 24.0 Å². The van der Waals surface area contributed by atoms with Gasteiger partial charge in [0.1, 0.15) is 5.75 Å². The smallest absolute Gasteiger partial charge is 0.128 e. The molecule has 88 valence electrons. The summed E-state index contributed by atoms with van der Waals surface area (Å²) >= 11 is 6.75. The molecule has 0 spiro atoms. The largest absolute Gasteiger partial charge is 0.507 e. The molecule has 1 N–H and O–H groups in total. The van der Waals surface area contributed by atoms with Gasteiger partial charge >= 0.3 is 0 Å². The first-order valence-corrected chi connectivity index (χ1v) is 6.83. The van der Waals surface area contributed by atoms with Crippen molar-refractivity contribution in [1.82, 2.24) is 0 Å². The normalized spacial score (nSPS) is 11.6. The van der Waals surface area contributed by atoms with Crippen molar-refractivity contribution in [2.75, 3.05) is 6.26 Å². The molecular weight excluding hydrogens is 236 g/mol. The Bertz CT molecular complexity index is 417. The second kappa shape index (κ2) is 4.76. The number of aromatic hydroxyl groups is 1. The van der Waals surface area contributed by atoms with Gasteiger partial charge in [0.25, 0.3) is 0 Å². The Balaban J connectivity index is 3.44. The lowest BCUT2D eigenvalue weighted by atomic mass is 9.84. The summed E-state index contributed by atoms with van der Waals surface area (Å²) in [6.45, 7) is 8.30. The van der Waals surface area contributed by atoms with Crippen LogP contribution in [0.1, 0.15) is 37.5 Å². The molecule has 0 aliphatic rings. The molecule has 0 saturated carbocycles. The Morgan fingerprint density at radius 3 is 2.31 bits per heavy atom. The van der Waals surface area contributed by atoms with Crippen LogP contribution in [0.5, 0.6) is 5.75 Å². The van der Waals surface area contributed by atoms with Crippen molar-refractivity contribution in [3.8, 4) is 5.75 Å². The fraction of sp³-hybridized carbons (Fsp3) is 0.462. The van der Waals surface area contributed by atoms with E-state index in [4.69, 9.17) is 12.2 Å². The SMILES string of the molecule is CSC(=S)c1cc(C)cc(C(C)(C)C)c1O. The highest BCUT2D eigenvalue weighted by Crippen LogP contribution is 2.35. The molecule has 0 unspecified atom stereocenters. The third-order valence-corrected chi connectivity index (χ3v) is 3.78. The van der Waals surface area contributed by atoms with Gasteiger partial charge < -0.3 is 5.11 Å². The van der Waals surface area contributed by atoms with E-state index in [9.17, 15) is 5.11 Å². The van der Waals surface area contributed by atoms with Gasteiger partial charge in [0.05, 0.1) is 4.20 Å². The molecule has 16 heavy (non-hydrogen) atoms. The molecule has 1 rings (SSSR count). The Morgan fingerprint density at radius 2 is 1.88 bits per heavy atom. The van der Waals surface area contributed by atoms with Crippen molar-refractivity contribution in [2.24, 2.45) is 0 Å². The van der Waals surface area contributed by atoms with Crippen LogP contribution in [0.2, 0.25) is 0 Å². The van der Waals surface area contributed by atoms with Crippen LogP contribution in [-0.2, 0) is 5.41 Å². The number of benzene rings is 1. The highest BCUT2D eigenvalue weighted by atomic mass is 32.2. The highest BCUT2D eigenvalue weighted by Gasteiger charge is 2.21. The summed E-state index contributed by atoms with van der Waals surface area (Å²) in [4.78, 5) is 0. The molecule has 0 saturated heterocycles. The number of phenols is 1.